The summed E-state index contributed by atoms with van der Waals surface area (Å²) in [7, 11) is 0. The summed E-state index contributed by atoms with van der Waals surface area (Å²) in [6, 6.07) is 10.5. The van der Waals surface area contributed by atoms with E-state index in [9.17, 15) is 19.3 Å². The summed E-state index contributed by atoms with van der Waals surface area (Å²) in [5, 5.41) is 17.9. The van der Waals surface area contributed by atoms with Crippen LogP contribution in [0.2, 0.25) is 0 Å². The molecular formula is C15H10FN4O3S. The Morgan fingerprint density at radius 1 is 1.25 bits per heavy atom. The van der Waals surface area contributed by atoms with Crippen molar-refractivity contribution in [3.63, 3.8) is 0 Å². The predicted molar refractivity (Wildman–Crippen MR) is 89.5 cm³/mol. The summed E-state index contributed by atoms with van der Waals surface area (Å²) in [6.07, 6.45) is 0. The zero-order valence-corrected chi connectivity index (χ0v) is 12.9. The molecule has 0 atom stereocenters. The summed E-state index contributed by atoms with van der Waals surface area (Å²) < 4.78 is 13.3. The van der Waals surface area contributed by atoms with Gasteiger partial charge in [-0.2, -0.15) is 4.39 Å². The molecule has 1 radical (unpaired) electrons. The number of nitrogens with zero attached hydrogens (tertiary/aromatic N) is 3. The molecule has 0 saturated heterocycles. The average molecular weight is 345 g/mol. The van der Waals surface area contributed by atoms with E-state index in [2.05, 4.69) is 15.6 Å². The standard InChI is InChI=1S/C15H10FN4O3S/c16-10-6-5-9(7-13(10)20(22)23)17-14(21)8-24-15-18-11-3-1-2-4-12(11)19-15/h1-7H,8H2,(H,17,21). The molecule has 1 heterocycles. The molecule has 1 aliphatic heterocycles. The van der Waals surface area contributed by atoms with Gasteiger partial charge in [-0.15, -0.1) is 0 Å². The van der Waals surface area contributed by atoms with Gasteiger partial charge < -0.3 is 5.32 Å². The van der Waals surface area contributed by atoms with Gasteiger partial charge in [-0.1, -0.05) is 23.9 Å². The molecule has 0 saturated carbocycles. The number of nitrogens with one attached hydrogen (secondary N) is 1. The fraction of sp³-hybridized carbons (Fsp3) is 0.0667. The maximum absolute atomic E-state index is 13.3. The van der Waals surface area contributed by atoms with Crippen LogP contribution in [0.1, 0.15) is 0 Å². The number of nitro groups is 1. The van der Waals surface area contributed by atoms with Crippen LogP contribution in [-0.2, 0) is 4.79 Å². The Bertz CT molecular complexity index is 856. The first kappa shape index (κ1) is 15.9. The third-order valence-electron chi connectivity index (χ3n) is 3.07. The van der Waals surface area contributed by atoms with Gasteiger partial charge in [0.2, 0.25) is 11.7 Å². The van der Waals surface area contributed by atoms with Gasteiger partial charge >= 0.3 is 5.69 Å². The maximum Gasteiger partial charge on any atom is 0.306 e. The van der Waals surface area contributed by atoms with Crippen molar-refractivity contribution >= 4 is 45.6 Å². The number of amidine groups is 1. The molecule has 1 amide bonds. The van der Waals surface area contributed by atoms with Gasteiger partial charge in [0, 0.05) is 11.8 Å². The highest BCUT2D eigenvalue weighted by atomic mass is 32.2. The molecule has 9 heteroatoms. The first-order valence-corrected chi connectivity index (χ1v) is 7.77. The van der Waals surface area contributed by atoms with Crippen LogP contribution in [0.15, 0.2) is 47.5 Å². The van der Waals surface area contributed by atoms with Crippen molar-refractivity contribution in [2.24, 2.45) is 4.99 Å². The number of anilines is 1. The van der Waals surface area contributed by atoms with Crippen LogP contribution in [0.25, 0.3) is 0 Å². The second kappa shape index (κ2) is 6.67. The van der Waals surface area contributed by atoms with Crippen LogP contribution in [0, 0.1) is 15.9 Å². The second-order valence-electron chi connectivity index (χ2n) is 4.76. The van der Waals surface area contributed by atoms with Gasteiger partial charge in [0.1, 0.15) is 0 Å². The Labute approximate surface area is 140 Å². The fourth-order valence-corrected chi connectivity index (χ4v) is 2.66. The van der Waals surface area contributed by atoms with E-state index in [0.29, 0.717) is 5.17 Å². The van der Waals surface area contributed by atoms with Crippen molar-refractivity contribution in [2.45, 2.75) is 0 Å². The summed E-state index contributed by atoms with van der Waals surface area (Å²) in [5.74, 6) is -1.32. The third kappa shape index (κ3) is 3.51. The summed E-state index contributed by atoms with van der Waals surface area (Å²) >= 11 is 1.14. The molecule has 0 spiro atoms. The maximum atomic E-state index is 13.3. The molecular weight excluding hydrogens is 335 g/mol. The van der Waals surface area contributed by atoms with Crippen molar-refractivity contribution < 1.29 is 14.1 Å². The Kier molecular flexibility index (Phi) is 4.43. The highest BCUT2D eigenvalue weighted by Crippen LogP contribution is 2.32. The zero-order valence-electron chi connectivity index (χ0n) is 12.1. The SMILES string of the molecule is O=C(CSC1=Nc2ccccc2[N]1)Nc1ccc(F)c([N+](=O)[O-])c1. The van der Waals surface area contributed by atoms with Gasteiger partial charge in [-0.3, -0.25) is 14.9 Å². The number of fused-ring (bicyclic) bond motifs is 1. The van der Waals surface area contributed by atoms with Crippen molar-refractivity contribution in [3.05, 3.63) is 58.4 Å². The number of thioether (sulfide) groups is 1. The van der Waals surface area contributed by atoms with Crippen LogP contribution in [-0.4, -0.2) is 21.8 Å². The molecule has 7 nitrogen and oxygen atoms in total. The van der Waals surface area contributed by atoms with Crippen molar-refractivity contribution in [3.8, 4) is 0 Å². The number of halogens is 1. The van der Waals surface area contributed by atoms with Crippen LogP contribution >= 0.6 is 11.8 Å². The van der Waals surface area contributed by atoms with E-state index < -0.39 is 22.3 Å². The topological polar surface area (TPSA) is 98.7 Å². The zero-order chi connectivity index (χ0) is 17.1. The predicted octanol–water partition coefficient (Wildman–Crippen LogP) is 3.34. The normalized spacial score (nSPS) is 12.1. The van der Waals surface area contributed by atoms with E-state index in [1.165, 1.54) is 6.07 Å². The lowest BCUT2D eigenvalue weighted by Crippen LogP contribution is -2.16. The Morgan fingerprint density at radius 2 is 2.00 bits per heavy atom. The molecule has 0 unspecified atom stereocenters. The van der Waals surface area contributed by atoms with Crippen molar-refractivity contribution in [1.82, 2.24) is 5.32 Å². The van der Waals surface area contributed by atoms with Gasteiger partial charge in [-0.25, -0.2) is 10.3 Å². The number of benzene rings is 2. The first-order chi connectivity index (χ1) is 11.5. The minimum absolute atomic E-state index is 0.0293. The molecule has 1 aliphatic rings. The molecule has 2 aromatic rings. The van der Waals surface area contributed by atoms with Crippen LogP contribution in [0.3, 0.4) is 0 Å². The molecule has 0 aromatic heterocycles. The van der Waals surface area contributed by atoms with E-state index in [1.54, 1.807) is 0 Å². The van der Waals surface area contributed by atoms with Crippen molar-refractivity contribution in [1.29, 1.82) is 0 Å². The number of para-hydroxylation sites is 2. The Morgan fingerprint density at radius 3 is 2.71 bits per heavy atom. The number of carbonyl (C=O) groups is 1. The first-order valence-electron chi connectivity index (χ1n) is 6.79. The van der Waals surface area contributed by atoms with Crippen LogP contribution in [0.4, 0.5) is 27.1 Å². The number of carbonyl (C=O) groups excluding carboxylic acids is 1. The van der Waals surface area contributed by atoms with Gasteiger partial charge in [0.25, 0.3) is 0 Å². The molecule has 24 heavy (non-hydrogen) atoms. The van der Waals surface area contributed by atoms with Gasteiger partial charge in [-0.05, 0) is 24.3 Å². The Hall–Kier alpha value is -2.94. The number of amides is 1. The molecule has 0 aliphatic carbocycles. The number of aliphatic imine (C=N–C) groups is 1. The van der Waals surface area contributed by atoms with E-state index in [4.69, 9.17) is 0 Å². The van der Waals surface area contributed by atoms with Crippen molar-refractivity contribution in [2.75, 3.05) is 11.1 Å². The van der Waals surface area contributed by atoms with E-state index >= 15 is 0 Å². The number of hydrogen-bond donors (Lipinski definition) is 1. The summed E-state index contributed by atoms with van der Waals surface area (Å²) in [4.78, 5) is 26.0. The minimum atomic E-state index is -0.954. The number of hydrogen-bond acceptors (Lipinski definition) is 5. The summed E-state index contributed by atoms with van der Waals surface area (Å²) in [5.41, 5.74) is 0.956. The van der Waals surface area contributed by atoms with E-state index in [1.807, 2.05) is 24.3 Å². The van der Waals surface area contributed by atoms with Gasteiger partial charge in [0.15, 0.2) is 5.17 Å². The molecule has 121 valence electrons. The monoisotopic (exact) mass is 345 g/mol. The summed E-state index contributed by atoms with van der Waals surface area (Å²) in [6.45, 7) is 0. The smallest absolute Gasteiger partial charge is 0.306 e. The lowest BCUT2D eigenvalue weighted by atomic mass is 10.2. The fourth-order valence-electron chi connectivity index (χ4n) is 2.01. The minimum Gasteiger partial charge on any atom is -0.325 e. The van der Waals surface area contributed by atoms with Gasteiger partial charge in [0.05, 0.1) is 22.1 Å². The van der Waals surface area contributed by atoms with Crippen LogP contribution in [0.5, 0.6) is 0 Å². The molecule has 0 bridgehead atoms. The van der Waals surface area contributed by atoms with E-state index in [-0.39, 0.29) is 11.4 Å². The lowest BCUT2D eigenvalue weighted by molar-refractivity contribution is -0.387. The molecule has 3 rings (SSSR count). The quantitative estimate of drug-likeness (QED) is 0.678. The Balaban J connectivity index is 1.57. The third-order valence-corrected chi connectivity index (χ3v) is 3.92. The average Bonchev–Trinajstić information content (AvgIpc) is 2.97. The molecule has 1 N–H and O–H groups in total. The number of rotatable bonds is 4. The van der Waals surface area contributed by atoms with Crippen LogP contribution < -0.4 is 10.6 Å². The molecule has 0 fully saturated rings. The highest BCUT2D eigenvalue weighted by Gasteiger charge is 2.18. The molecule has 2 aromatic carbocycles. The lowest BCUT2D eigenvalue weighted by Gasteiger charge is -2.05. The van der Waals surface area contributed by atoms with E-state index in [0.717, 1.165) is 35.3 Å². The highest BCUT2D eigenvalue weighted by molar-refractivity contribution is 8.14. The second-order valence-corrected chi connectivity index (χ2v) is 5.70. The largest absolute Gasteiger partial charge is 0.325 e. The number of nitro benzene ring substituents is 1.